The molecule has 0 bridgehead atoms. The number of thiophene rings is 1. The molecule has 1 aliphatic heterocycles. The average molecular weight is 638 g/mol. The Kier molecular flexibility index (Phi) is 6.45. The molecular formula is C43H31N3OS. The van der Waals surface area contributed by atoms with Crippen LogP contribution in [-0.2, 0) is 0 Å². The number of hydrogen-bond donors (Lipinski definition) is 3. The van der Waals surface area contributed by atoms with Gasteiger partial charge in [0.25, 0.3) is 0 Å². The van der Waals surface area contributed by atoms with Gasteiger partial charge in [-0.3, -0.25) is 16.0 Å². The fourth-order valence-electron chi connectivity index (χ4n) is 7.46. The van der Waals surface area contributed by atoms with E-state index >= 15 is 0 Å². The fraction of sp³-hybridized carbons (Fsp3) is 0.0698. The fourth-order valence-corrected chi connectivity index (χ4v) is 8.61. The minimum atomic E-state index is -0.165. The lowest BCUT2D eigenvalue weighted by atomic mass is 9.96. The van der Waals surface area contributed by atoms with Crippen molar-refractivity contribution in [2.24, 2.45) is 0 Å². The molecule has 3 heterocycles. The highest BCUT2D eigenvalue weighted by atomic mass is 32.1. The number of fused-ring (bicyclic) bond motifs is 8. The Balaban J connectivity index is 1.14. The van der Waals surface area contributed by atoms with Gasteiger partial charge in [-0.25, -0.2) is 0 Å². The minimum Gasteiger partial charge on any atom is -0.455 e. The zero-order valence-electron chi connectivity index (χ0n) is 26.0. The standard InChI is InChI=1S/C43H31N3OS/c1-3-11-26(12-4-1)28-19-22-34-36(24-28)47-40-31-16-8-7-15-29(31)23-35(39(34)40)43-45-41(27-13-5-2-6-14-27)44-42(46-43)30-20-21-33-32-17-9-10-18-37(32)48-38(33)25-30/h1-25,41-46H. The Morgan fingerprint density at radius 2 is 1.12 bits per heavy atom. The zero-order chi connectivity index (χ0) is 31.6. The van der Waals surface area contributed by atoms with Crippen molar-refractivity contribution in [1.29, 1.82) is 0 Å². The van der Waals surface area contributed by atoms with Crippen LogP contribution in [0.3, 0.4) is 0 Å². The van der Waals surface area contributed by atoms with E-state index < -0.39 is 0 Å². The van der Waals surface area contributed by atoms with E-state index in [9.17, 15) is 0 Å². The van der Waals surface area contributed by atoms with Crippen LogP contribution in [0.1, 0.15) is 35.2 Å². The Hall–Kier alpha value is -5.30. The van der Waals surface area contributed by atoms with Crippen LogP contribution in [0, 0.1) is 0 Å². The summed E-state index contributed by atoms with van der Waals surface area (Å²) in [6.45, 7) is 0. The summed E-state index contributed by atoms with van der Waals surface area (Å²) in [4.78, 5) is 0. The van der Waals surface area contributed by atoms with E-state index in [0.29, 0.717) is 0 Å². The van der Waals surface area contributed by atoms with Crippen molar-refractivity contribution in [3.63, 3.8) is 0 Å². The molecule has 5 heteroatoms. The van der Waals surface area contributed by atoms with Gasteiger partial charge in [-0.15, -0.1) is 11.3 Å². The van der Waals surface area contributed by atoms with Crippen LogP contribution in [0.2, 0.25) is 0 Å². The average Bonchev–Trinajstić information content (AvgIpc) is 3.73. The quantitative estimate of drug-likeness (QED) is 0.180. The second-order valence-corrected chi connectivity index (χ2v) is 13.7. The van der Waals surface area contributed by atoms with Crippen molar-refractivity contribution in [2.75, 3.05) is 0 Å². The maximum absolute atomic E-state index is 6.79. The SMILES string of the molecule is c1ccc(-c2ccc3c(c2)oc2c4ccccc4cc(C4NC(c5ccccc5)NC(c5ccc6c(c5)sc5ccccc56)N4)c32)cc1. The molecule has 3 unspecified atom stereocenters. The van der Waals surface area contributed by atoms with Crippen LogP contribution < -0.4 is 16.0 Å². The topological polar surface area (TPSA) is 49.2 Å². The molecule has 4 nitrogen and oxygen atoms in total. The molecule has 9 aromatic rings. The molecule has 3 atom stereocenters. The lowest BCUT2D eigenvalue weighted by molar-refractivity contribution is 0.204. The molecule has 1 aliphatic rings. The van der Waals surface area contributed by atoms with E-state index in [1.807, 2.05) is 11.3 Å². The van der Waals surface area contributed by atoms with E-state index in [1.54, 1.807) is 0 Å². The van der Waals surface area contributed by atoms with Crippen molar-refractivity contribution < 1.29 is 4.42 Å². The Morgan fingerprint density at radius 1 is 0.458 bits per heavy atom. The van der Waals surface area contributed by atoms with Crippen LogP contribution in [0.15, 0.2) is 156 Å². The van der Waals surface area contributed by atoms with E-state index in [2.05, 4.69) is 168 Å². The minimum absolute atomic E-state index is 0.0788. The molecule has 0 aliphatic carbocycles. The first kappa shape index (κ1) is 27.8. The molecule has 230 valence electrons. The van der Waals surface area contributed by atoms with Gasteiger partial charge in [-0.2, -0.15) is 0 Å². The molecule has 2 aromatic heterocycles. The summed E-state index contributed by atoms with van der Waals surface area (Å²) >= 11 is 1.86. The van der Waals surface area contributed by atoms with E-state index in [1.165, 1.54) is 42.4 Å². The van der Waals surface area contributed by atoms with E-state index in [-0.39, 0.29) is 18.5 Å². The highest BCUT2D eigenvalue weighted by Crippen LogP contribution is 2.42. The first-order valence-corrected chi connectivity index (χ1v) is 17.3. The summed E-state index contributed by atoms with van der Waals surface area (Å²) in [7, 11) is 0. The Bertz CT molecular complexity index is 2630. The molecule has 0 spiro atoms. The first-order valence-electron chi connectivity index (χ1n) is 16.4. The largest absolute Gasteiger partial charge is 0.455 e. The molecular weight excluding hydrogens is 607 g/mol. The van der Waals surface area contributed by atoms with Crippen LogP contribution >= 0.6 is 11.3 Å². The summed E-state index contributed by atoms with van der Waals surface area (Å²) in [5, 5.41) is 18.9. The van der Waals surface area contributed by atoms with Crippen molar-refractivity contribution in [1.82, 2.24) is 16.0 Å². The number of nitrogens with one attached hydrogen (secondary N) is 3. The van der Waals surface area contributed by atoms with Gasteiger partial charge >= 0.3 is 0 Å². The molecule has 1 fully saturated rings. The number of benzene rings is 7. The summed E-state index contributed by atoms with van der Waals surface area (Å²) in [6.07, 6.45) is -0.341. The van der Waals surface area contributed by atoms with Crippen LogP contribution in [0.4, 0.5) is 0 Å². The van der Waals surface area contributed by atoms with E-state index in [0.717, 1.165) is 38.3 Å². The molecule has 10 rings (SSSR count). The number of hydrogen-bond acceptors (Lipinski definition) is 5. The number of furan rings is 1. The van der Waals surface area contributed by atoms with Gasteiger partial charge in [0.15, 0.2) is 0 Å². The normalized spacial score (nSPS) is 18.4. The van der Waals surface area contributed by atoms with Crippen molar-refractivity contribution in [2.45, 2.75) is 18.5 Å². The lowest BCUT2D eigenvalue weighted by Gasteiger charge is -2.40. The third-order valence-electron chi connectivity index (χ3n) is 9.78. The van der Waals surface area contributed by atoms with Crippen LogP contribution in [0.5, 0.6) is 0 Å². The van der Waals surface area contributed by atoms with Gasteiger partial charge in [0.2, 0.25) is 0 Å². The zero-order valence-corrected chi connectivity index (χ0v) is 26.8. The van der Waals surface area contributed by atoms with Crippen LogP contribution in [0.25, 0.3) is 64.0 Å². The summed E-state index contributed by atoms with van der Waals surface area (Å²) in [5.74, 6) is 0. The number of rotatable bonds is 4. The summed E-state index contributed by atoms with van der Waals surface area (Å²) in [5.41, 5.74) is 7.71. The predicted octanol–water partition coefficient (Wildman–Crippen LogP) is 11.0. The summed E-state index contributed by atoms with van der Waals surface area (Å²) < 4.78 is 9.40. The first-order chi connectivity index (χ1) is 23.8. The molecule has 7 aromatic carbocycles. The molecule has 3 N–H and O–H groups in total. The summed E-state index contributed by atoms with van der Waals surface area (Å²) in [6, 6.07) is 54.3. The molecule has 48 heavy (non-hydrogen) atoms. The Labute approximate surface area is 281 Å². The second kappa shape index (κ2) is 11.2. The van der Waals surface area contributed by atoms with Crippen molar-refractivity contribution in [3.05, 3.63) is 168 Å². The van der Waals surface area contributed by atoms with Crippen LogP contribution in [-0.4, -0.2) is 0 Å². The molecule has 0 saturated carbocycles. The van der Waals surface area contributed by atoms with E-state index in [4.69, 9.17) is 4.42 Å². The highest BCUT2D eigenvalue weighted by molar-refractivity contribution is 7.25. The second-order valence-electron chi connectivity index (χ2n) is 12.6. The third kappa shape index (κ3) is 4.55. The van der Waals surface area contributed by atoms with Crippen molar-refractivity contribution >= 4 is 64.2 Å². The lowest BCUT2D eigenvalue weighted by Crippen LogP contribution is -2.54. The highest BCUT2D eigenvalue weighted by Gasteiger charge is 2.32. The monoisotopic (exact) mass is 637 g/mol. The van der Waals surface area contributed by atoms with Gasteiger partial charge in [-0.1, -0.05) is 121 Å². The van der Waals surface area contributed by atoms with Gasteiger partial charge in [0.1, 0.15) is 11.2 Å². The molecule has 0 amide bonds. The Morgan fingerprint density at radius 3 is 1.98 bits per heavy atom. The van der Waals surface area contributed by atoms with Crippen molar-refractivity contribution in [3.8, 4) is 11.1 Å². The van der Waals surface area contributed by atoms with Gasteiger partial charge in [0.05, 0.1) is 18.5 Å². The maximum Gasteiger partial charge on any atom is 0.143 e. The molecule has 1 saturated heterocycles. The maximum atomic E-state index is 6.79. The van der Waals surface area contributed by atoms with Gasteiger partial charge < -0.3 is 4.42 Å². The predicted molar refractivity (Wildman–Crippen MR) is 200 cm³/mol. The third-order valence-corrected chi connectivity index (χ3v) is 10.9. The molecule has 0 radical (unpaired) electrons. The van der Waals surface area contributed by atoms with Gasteiger partial charge in [0, 0.05) is 36.3 Å². The smallest absolute Gasteiger partial charge is 0.143 e. The van der Waals surface area contributed by atoms with Gasteiger partial charge in [-0.05, 0) is 63.5 Å².